The van der Waals surface area contributed by atoms with Crippen molar-refractivity contribution in [2.45, 2.75) is 18.8 Å². The lowest BCUT2D eigenvalue weighted by atomic mass is 9.93. The predicted molar refractivity (Wildman–Crippen MR) is 208 cm³/mol. The van der Waals surface area contributed by atoms with Gasteiger partial charge in [0.15, 0.2) is 0 Å². The number of hydrogen-bond donors (Lipinski definition) is 0. The summed E-state index contributed by atoms with van der Waals surface area (Å²) in [4.78, 5) is 0. The Morgan fingerprint density at radius 3 is 1.67 bits per heavy atom. The Bertz CT molecular complexity index is 3180. The second-order valence-corrected chi connectivity index (χ2v) is 13.8. The largest absolute Gasteiger partial charge is 0.456 e. The zero-order chi connectivity index (χ0) is 34.5. The summed E-state index contributed by atoms with van der Waals surface area (Å²) in [6, 6.07) is 50.4. The summed E-state index contributed by atoms with van der Waals surface area (Å²) < 4.78 is 15.2. The fraction of sp³-hybridized carbons (Fsp3) is 0.0638. The molecule has 0 saturated heterocycles. The molecule has 5 heteroatoms. The van der Waals surface area contributed by atoms with Crippen LogP contribution in [0.2, 0.25) is 0 Å². The van der Waals surface area contributed by atoms with E-state index in [9.17, 15) is 10.5 Å². The summed E-state index contributed by atoms with van der Waals surface area (Å²) in [5.41, 5.74) is 12.4. The smallest absolute Gasteiger partial charge is 0.136 e. The van der Waals surface area contributed by atoms with Crippen LogP contribution < -0.4 is 0 Å². The second-order valence-electron chi connectivity index (χ2n) is 13.8. The third-order valence-corrected chi connectivity index (χ3v) is 10.9. The van der Waals surface area contributed by atoms with Gasteiger partial charge in [-0.15, -0.1) is 0 Å². The van der Waals surface area contributed by atoms with Crippen molar-refractivity contribution in [1.82, 2.24) is 4.57 Å². The van der Waals surface area contributed by atoms with E-state index in [4.69, 9.17) is 8.83 Å². The van der Waals surface area contributed by atoms with Crippen molar-refractivity contribution >= 4 is 65.7 Å². The van der Waals surface area contributed by atoms with Crippen molar-refractivity contribution in [1.29, 1.82) is 10.5 Å². The van der Waals surface area contributed by atoms with Crippen molar-refractivity contribution in [2.24, 2.45) is 0 Å². The first-order valence-corrected chi connectivity index (χ1v) is 17.6. The highest BCUT2D eigenvalue weighted by molar-refractivity contribution is 6.26. The highest BCUT2D eigenvalue weighted by atomic mass is 16.3. The van der Waals surface area contributed by atoms with Gasteiger partial charge in [0.1, 0.15) is 34.5 Å². The van der Waals surface area contributed by atoms with Gasteiger partial charge in [0.05, 0.1) is 27.8 Å². The Hall–Kier alpha value is -7.08. The molecule has 0 atom stereocenters. The van der Waals surface area contributed by atoms with Gasteiger partial charge in [-0.3, -0.25) is 0 Å². The number of rotatable bonds is 4. The third-order valence-electron chi connectivity index (χ3n) is 10.9. The molecule has 3 heterocycles. The minimum Gasteiger partial charge on any atom is -0.456 e. The average Bonchev–Trinajstić information content (AvgIpc) is 3.77. The van der Waals surface area contributed by atoms with Crippen molar-refractivity contribution in [3.8, 4) is 40.1 Å². The van der Waals surface area contributed by atoms with E-state index in [1.165, 1.54) is 0 Å². The lowest BCUT2D eigenvalue weighted by Gasteiger charge is -2.16. The van der Waals surface area contributed by atoms with E-state index in [1.54, 1.807) is 0 Å². The molecule has 0 amide bonds. The molecule has 0 N–H and O–H groups in total. The van der Waals surface area contributed by atoms with Crippen LogP contribution in [0.25, 0.3) is 93.6 Å². The first-order valence-electron chi connectivity index (χ1n) is 17.6. The van der Waals surface area contributed by atoms with Gasteiger partial charge in [-0.05, 0) is 95.6 Å². The number of benzene rings is 7. The Balaban J connectivity index is 1.17. The summed E-state index contributed by atoms with van der Waals surface area (Å²) in [5, 5.41) is 26.9. The minimum atomic E-state index is 0.475. The van der Waals surface area contributed by atoms with Gasteiger partial charge in [0.25, 0.3) is 0 Å². The topological polar surface area (TPSA) is 78.8 Å². The van der Waals surface area contributed by atoms with Gasteiger partial charge in [-0.1, -0.05) is 78.9 Å². The molecule has 1 fully saturated rings. The Labute approximate surface area is 297 Å². The Kier molecular flexibility index (Phi) is 5.92. The van der Waals surface area contributed by atoms with Crippen LogP contribution in [0.3, 0.4) is 0 Å². The molecule has 0 radical (unpaired) electrons. The molecule has 11 rings (SSSR count). The van der Waals surface area contributed by atoms with Crippen molar-refractivity contribution < 1.29 is 8.83 Å². The number of fused-ring (bicyclic) bond motifs is 10. The number of nitriles is 2. The molecule has 0 spiro atoms. The first-order chi connectivity index (χ1) is 25.7. The lowest BCUT2D eigenvalue weighted by molar-refractivity contribution is 0.663. The summed E-state index contributed by atoms with van der Waals surface area (Å²) in [7, 11) is 0. The molecule has 52 heavy (non-hydrogen) atoms. The van der Waals surface area contributed by atoms with E-state index in [-0.39, 0.29) is 0 Å². The first kappa shape index (κ1) is 28.7. The SMILES string of the molecule is N#Cc1cccc(-c2ccc3oc4ccc5oc6ccc(-c7cccc(C8CC8)c7C#N)cc6c5c4c3c2)c1-n1c2ccccc2c2ccccc21. The Morgan fingerprint density at radius 2 is 1.08 bits per heavy atom. The molecule has 7 aromatic carbocycles. The number of furan rings is 2. The number of aromatic nitrogens is 1. The molecule has 0 unspecified atom stereocenters. The van der Waals surface area contributed by atoms with Gasteiger partial charge >= 0.3 is 0 Å². The summed E-state index contributed by atoms with van der Waals surface area (Å²) in [5.74, 6) is 0.475. The van der Waals surface area contributed by atoms with Gasteiger partial charge in [0.2, 0.25) is 0 Å². The molecule has 1 aliphatic carbocycles. The fourth-order valence-electron chi connectivity index (χ4n) is 8.41. The maximum Gasteiger partial charge on any atom is 0.136 e. The number of para-hydroxylation sites is 3. The van der Waals surface area contributed by atoms with E-state index in [0.717, 1.165) is 118 Å². The van der Waals surface area contributed by atoms with Gasteiger partial charge < -0.3 is 13.4 Å². The molecule has 242 valence electrons. The van der Waals surface area contributed by atoms with Crippen molar-refractivity contribution in [3.05, 3.63) is 150 Å². The molecular weight excluding hydrogens is 639 g/mol. The van der Waals surface area contributed by atoms with E-state index >= 15 is 0 Å². The van der Waals surface area contributed by atoms with Crippen LogP contribution in [-0.4, -0.2) is 4.57 Å². The van der Waals surface area contributed by atoms with Crippen LogP contribution in [0.15, 0.2) is 142 Å². The maximum absolute atomic E-state index is 10.5. The van der Waals surface area contributed by atoms with Crippen molar-refractivity contribution in [3.63, 3.8) is 0 Å². The van der Waals surface area contributed by atoms with Crippen molar-refractivity contribution in [2.75, 3.05) is 0 Å². The van der Waals surface area contributed by atoms with Crippen LogP contribution >= 0.6 is 0 Å². The zero-order valence-corrected chi connectivity index (χ0v) is 27.9. The summed E-state index contributed by atoms with van der Waals surface area (Å²) >= 11 is 0. The molecule has 1 saturated carbocycles. The molecule has 0 bridgehead atoms. The van der Waals surface area contributed by atoms with E-state index in [0.29, 0.717) is 11.5 Å². The van der Waals surface area contributed by atoms with Gasteiger partial charge in [-0.25, -0.2) is 0 Å². The molecule has 1 aliphatic rings. The van der Waals surface area contributed by atoms with Crippen LogP contribution in [0.1, 0.15) is 35.4 Å². The Morgan fingerprint density at radius 1 is 0.519 bits per heavy atom. The fourth-order valence-corrected chi connectivity index (χ4v) is 8.41. The highest BCUT2D eigenvalue weighted by Gasteiger charge is 2.28. The second kappa shape index (κ2) is 10.7. The van der Waals surface area contributed by atoms with Crippen LogP contribution in [0.4, 0.5) is 0 Å². The third kappa shape index (κ3) is 4.02. The standard InChI is InChI=1S/C47H27N3O2/c48-25-30-7-5-12-33(47(30)50-39-13-3-1-8-34(39)35-9-2-4-14-40(35)50)29-18-20-42-37(24-29)46-44(52-42)22-21-43-45(46)36-23-28(17-19-41(36)51-43)32-11-6-10-31(27-15-16-27)38(32)26-49/h1-14,17-24,27H,15-16H2. The molecular formula is C47H27N3O2. The molecule has 0 aliphatic heterocycles. The predicted octanol–water partition coefficient (Wildman–Crippen LogP) is 12.5. The van der Waals surface area contributed by atoms with Gasteiger partial charge in [0, 0.05) is 37.9 Å². The summed E-state index contributed by atoms with van der Waals surface area (Å²) in [6.45, 7) is 0. The normalized spacial score (nSPS) is 13.1. The minimum absolute atomic E-state index is 0.475. The zero-order valence-electron chi connectivity index (χ0n) is 27.9. The number of hydrogen-bond acceptors (Lipinski definition) is 4. The van der Waals surface area contributed by atoms with Crippen LogP contribution in [-0.2, 0) is 0 Å². The van der Waals surface area contributed by atoms with E-state index < -0.39 is 0 Å². The highest BCUT2D eigenvalue weighted by Crippen LogP contribution is 2.46. The maximum atomic E-state index is 10.5. The molecule has 10 aromatic rings. The number of nitrogens with zero attached hydrogens (tertiary/aromatic N) is 3. The van der Waals surface area contributed by atoms with E-state index in [1.807, 2.05) is 54.6 Å². The van der Waals surface area contributed by atoms with Gasteiger partial charge in [-0.2, -0.15) is 10.5 Å². The van der Waals surface area contributed by atoms with Crippen LogP contribution in [0, 0.1) is 22.7 Å². The molecule has 5 nitrogen and oxygen atoms in total. The monoisotopic (exact) mass is 665 g/mol. The summed E-state index contributed by atoms with van der Waals surface area (Å²) in [6.07, 6.45) is 2.27. The lowest BCUT2D eigenvalue weighted by Crippen LogP contribution is -2.00. The van der Waals surface area contributed by atoms with Crippen LogP contribution in [0.5, 0.6) is 0 Å². The molecule has 3 aromatic heterocycles. The average molecular weight is 666 g/mol. The quantitative estimate of drug-likeness (QED) is 0.187. The van der Waals surface area contributed by atoms with E-state index in [2.05, 4.69) is 95.6 Å².